The first-order chi connectivity index (χ1) is 15.6. The molecule has 3 rings (SSSR count). The zero-order valence-corrected chi connectivity index (χ0v) is 22.3. The van der Waals surface area contributed by atoms with Gasteiger partial charge in [0.25, 0.3) is 0 Å². The monoisotopic (exact) mass is 568 g/mol. The van der Waals surface area contributed by atoms with Crippen LogP contribution in [0.1, 0.15) is 36.9 Å². The van der Waals surface area contributed by atoms with Crippen LogP contribution in [0.5, 0.6) is 11.5 Å². The summed E-state index contributed by atoms with van der Waals surface area (Å²) in [7, 11) is 5.08. The van der Waals surface area contributed by atoms with E-state index in [1.165, 1.54) is 5.56 Å². The maximum absolute atomic E-state index is 5.66. The third kappa shape index (κ3) is 7.75. The fourth-order valence-electron chi connectivity index (χ4n) is 4.07. The second-order valence-electron chi connectivity index (χ2n) is 8.14. The second-order valence-corrected chi connectivity index (χ2v) is 8.14. The van der Waals surface area contributed by atoms with E-state index < -0.39 is 0 Å². The molecule has 8 heteroatoms. The molecule has 7 nitrogen and oxygen atoms in total. The van der Waals surface area contributed by atoms with Crippen molar-refractivity contribution < 1.29 is 14.2 Å². The van der Waals surface area contributed by atoms with E-state index in [2.05, 4.69) is 58.2 Å². The SMILES string of the molecule is CN=C(NCc1ccc(OC)c(OC)c1)NCC1(NC(C)c2ccccc2)CCOCC1.I. The molecular formula is C25H37IN4O3. The van der Waals surface area contributed by atoms with Crippen LogP contribution in [0.2, 0.25) is 0 Å². The fraction of sp³-hybridized carbons (Fsp3) is 0.480. The molecule has 1 aliphatic heterocycles. The number of methoxy groups -OCH3 is 2. The summed E-state index contributed by atoms with van der Waals surface area (Å²) in [6, 6.07) is 16.7. The summed E-state index contributed by atoms with van der Waals surface area (Å²) in [6.45, 7) is 5.13. The minimum atomic E-state index is -0.0611. The first-order valence-electron chi connectivity index (χ1n) is 11.1. The van der Waals surface area contributed by atoms with E-state index in [1.807, 2.05) is 18.2 Å². The van der Waals surface area contributed by atoms with Crippen LogP contribution in [0.4, 0.5) is 0 Å². The molecule has 0 radical (unpaired) electrons. The Labute approximate surface area is 214 Å². The lowest BCUT2D eigenvalue weighted by Gasteiger charge is -2.41. The van der Waals surface area contributed by atoms with Crippen LogP contribution in [0, 0.1) is 0 Å². The Balaban J connectivity index is 0.00000385. The molecule has 1 aliphatic rings. The normalized spacial score (nSPS) is 16.3. The highest BCUT2D eigenvalue weighted by molar-refractivity contribution is 14.0. The number of guanidine groups is 1. The molecule has 2 aromatic rings. The lowest BCUT2D eigenvalue weighted by atomic mass is 9.88. The van der Waals surface area contributed by atoms with E-state index in [0.29, 0.717) is 6.54 Å². The first-order valence-corrected chi connectivity index (χ1v) is 11.1. The molecule has 1 fully saturated rings. The third-order valence-corrected chi connectivity index (χ3v) is 6.00. The van der Waals surface area contributed by atoms with Gasteiger partial charge in [-0.15, -0.1) is 24.0 Å². The quantitative estimate of drug-likeness (QED) is 0.242. The van der Waals surface area contributed by atoms with Crippen molar-refractivity contribution in [3.63, 3.8) is 0 Å². The standard InChI is InChI=1S/C25H36N4O3.HI/c1-19(21-8-6-5-7-9-21)29-25(12-14-32-15-13-25)18-28-24(26-2)27-17-20-10-11-22(30-3)23(16-20)31-4;/h5-11,16,19,29H,12-15,17-18H2,1-4H3,(H2,26,27,28);1H. The van der Waals surface area contributed by atoms with Crippen LogP contribution in [0.25, 0.3) is 0 Å². The molecular weight excluding hydrogens is 531 g/mol. The number of ether oxygens (including phenoxy) is 3. The molecule has 3 N–H and O–H groups in total. The van der Waals surface area contributed by atoms with Gasteiger partial charge < -0.3 is 30.2 Å². The Morgan fingerprint density at radius 1 is 1.03 bits per heavy atom. The molecule has 1 heterocycles. The number of hydrogen-bond acceptors (Lipinski definition) is 5. The van der Waals surface area contributed by atoms with Gasteiger partial charge in [0.05, 0.1) is 14.2 Å². The number of halogens is 1. The highest BCUT2D eigenvalue weighted by Crippen LogP contribution is 2.27. The molecule has 0 spiro atoms. The molecule has 0 saturated carbocycles. The highest BCUT2D eigenvalue weighted by Gasteiger charge is 2.34. The van der Waals surface area contributed by atoms with E-state index >= 15 is 0 Å². The van der Waals surface area contributed by atoms with Crippen LogP contribution in [0.15, 0.2) is 53.5 Å². The number of aliphatic imine (C=N–C) groups is 1. The van der Waals surface area contributed by atoms with Gasteiger partial charge in [-0.2, -0.15) is 0 Å². The van der Waals surface area contributed by atoms with Gasteiger partial charge in [0.15, 0.2) is 17.5 Å². The molecule has 33 heavy (non-hydrogen) atoms. The van der Waals surface area contributed by atoms with Crippen molar-refractivity contribution >= 4 is 29.9 Å². The smallest absolute Gasteiger partial charge is 0.191 e. The van der Waals surface area contributed by atoms with Crippen LogP contribution in [0.3, 0.4) is 0 Å². The van der Waals surface area contributed by atoms with Gasteiger partial charge in [-0.3, -0.25) is 4.99 Å². The number of hydrogen-bond donors (Lipinski definition) is 3. The van der Waals surface area contributed by atoms with Gasteiger partial charge in [0.1, 0.15) is 0 Å². The van der Waals surface area contributed by atoms with Crippen molar-refractivity contribution in [2.45, 2.75) is 37.9 Å². The van der Waals surface area contributed by atoms with Crippen LogP contribution in [-0.4, -0.2) is 52.5 Å². The minimum Gasteiger partial charge on any atom is -0.493 e. The van der Waals surface area contributed by atoms with Crippen molar-refractivity contribution in [2.75, 3.05) is 41.0 Å². The summed E-state index contributed by atoms with van der Waals surface area (Å²) in [5, 5.41) is 10.8. The predicted molar refractivity (Wildman–Crippen MR) is 144 cm³/mol. The van der Waals surface area contributed by atoms with E-state index in [0.717, 1.165) is 55.6 Å². The topological polar surface area (TPSA) is 76.1 Å². The van der Waals surface area contributed by atoms with Crippen molar-refractivity contribution in [1.29, 1.82) is 0 Å². The summed E-state index contributed by atoms with van der Waals surface area (Å²) < 4.78 is 16.4. The Morgan fingerprint density at radius 3 is 2.36 bits per heavy atom. The maximum Gasteiger partial charge on any atom is 0.191 e. The zero-order chi connectivity index (χ0) is 22.8. The fourth-order valence-corrected chi connectivity index (χ4v) is 4.07. The summed E-state index contributed by atoms with van der Waals surface area (Å²) in [5.41, 5.74) is 2.31. The van der Waals surface area contributed by atoms with Gasteiger partial charge >= 0.3 is 0 Å². The van der Waals surface area contributed by atoms with E-state index in [1.54, 1.807) is 21.3 Å². The van der Waals surface area contributed by atoms with Gasteiger partial charge in [-0.1, -0.05) is 36.4 Å². The largest absolute Gasteiger partial charge is 0.493 e. The van der Waals surface area contributed by atoms with Crippen molar-refractivity contribution in [2.24, 2.45) is 4.99 Å². The molecule has 2 aromatic carbocycles. The Bertz CT molecular complexity index is 873. The van der Waals surface area contributed by atoms with Crippen molar-refractivity contribution in [3.05, 3.63) is 59.7 Å². The molecule has 0 aromatic heterocycles. The highest BCUT2D eigenvalue weighted by atomic mass is 127. The molecule has 1 saturated heterocycles. The van der Waals surface area contributed by atoms with Crippen molar-refractivity contribution in [3.8, 4) is 11.5 Å². The number of rotatable bonds is 9. The van der Waals surface area contributed by atoms with Crippen LogP contribution < -0.4 is 25.4 Å². The molecule has 0 aliphatic carbocycles. The molecule has 182 valence electrons. The summed E-state index contributed by atoms with van der Waals surface area (Å²) in [5.74, 6) is 2.20. The van der Waals surface area contributed by atoms with Gasteiger partial charge in [0.2, 0.25) is 0 Å². The third-order valence-electron chi connectivity index (χ3n) is 6.00. The van der Waals surface area contributed by atoms with Crippen LogP contribution >= 0.6 is 24.0 Å². The predicted octanol–water partition coefficient (Wildman–Crippen LogP) is 3.89. The van der Waals surface area contributed by atoms with E-state index in [4.69, 9.17) is 14.2 Å². The lowest BCUT2D eigenvalue weighted by Crippen LogP contribution is -2.58. The number of benzene rings is 2. The summed E-state index contributed by atoms with van der Waals surface area (Å²) in [6.07, 6.45) is 1.90. The Hall–Kier alpha value is -2.04. The van der Waals surface area contributed by atoms with Gasteiger partial charge in [-0.25, -0.2) is 0 Å². The Kier molecular flexibility index (Phi) is 11.2. The maximum atomic E-state index is 5.66. The average Bonchev–Trinajstić information content (AvgIpc) is 2.85. The first kappa shape index (κ1) is 27.2. The minimum absolute atomic E-state index is 0. The lowest BCUT2D eigenvalue weighted by molar-refractivity contribution is 0.0355. The molecule has 0 amide bonds. The molecule has 1 atom stereocenters. The average molecular weight is 569 g/mol. The van der Waals surface area contributed by atoms with Gasteiger partial charge in [0, 0.05) is 44.9 Å². The van der Waals surface area contributed by atoms with Crippen LogP contribution in [-0.2, 0) is 11.3 Å². The zero-order valence-electron chi connectivity index (χ0n) is 20.0. The molecule has 0 bridgehead atoms. The van der Waals surface area contributed by atoms with E-state index in [9.17, 15) is 0 Å². The number of nitrogens with one attached hydrogen (secondary N) is 3. The van der Waals surface area contributed by atoms with Gasteiger partial charge in [-0.05, 0) is 43.0 Å². The number of nitrogens with zero attached hydrogens (tertiary/aromatic N) is 1. The van der Waals surface area contributed by atoms with Crippen molar-refractivity contribution in [1.82, 2.24) is 16.0 Å². The van der Waals surface area contributed by atoms with E-state index in [-0.39, 0.29) is 35.6 Å². The summed E-state index contributed by atoms with van der Waals surface area (Å²) >= 11 is 0. The Morgan fingerprint density at radius 2 is 1.73 bits per heavy atom. The molecule has 1 unspecified atom stereocenters. The second kappa shape index (κ2) is 13.6. The summed E-state index contributed by atoms with van der Waals surface area (Å²) in [4.78, 5) is 4.41.